The molecule has 0 aliphatic carbocycles. The number of fused-ring (bicyclic) bond motifs is 2. The second-order valence-corrected chi connectivity index (χ2v) is 7.13. The molecule has 0 fully saturated rings. The van der Waals surface area contributed by atoms with Crippen LogP contribution in [0.15, 0.2) is 24.3 Å². The zero-order valence-corrected chi connectivity index (χ0v) is 17.2. The zero-order valence-electron chi connectivity index (χ0n) is 17.2. The summed E-state index contributed by atoms with van der Waals surface area (Å²) in [6, 6.07) is 7.00. The van der Waals surface area contributed by atoms with Gasteiger partial charge in [-0.15, -0.1) is 0 Å². The summed E-state index contributed by atoms with van der Waals surface area (Å²) in [4.78, 5) is 12.2. The third-order valence-corrected chi connectivity index (χ3v) is 5.39. The van der Waals surface area contributed by atoms with E-state index in [0.717, 1.165) is 30.6 Å². The van der Waals surface area contributed by atoms with Gasteiger partial charge in [0.1, 0.15) is 12.9 Å². The van der Waals surface area contributed by atoms with Crippen molar-refractivity contribution in [3.05, 3.63) is 41.0 Å². The minimum atomic E-state index is -0.0684. The summed E-state index contributed by atoms with van der Waals surface area (Å²) in [5.74, 6) is 9.59. The highest BCUT2D eigenvalue weighted by molar-refractivity contribution is 5.76. The maximum atomic E-state index is 10.9. The molecule has 1 unspecified atom stereocenters. The van der Waals surface area contributed by atoms with Crippen LogP contribution >= 0.6 is 0 Å². The van der Waals surface area contributed by atoms with Gasteiger partial charge in [0.2, 0.25) is 12.5 Å². The van der Waals surface area contributed by atoms with Crippen molar-refractivity contribution in [1.82, 2.24) is 0 Å². The number of hydrogen-bond donors (Lipinski definition) is 1. The van der Waals surface area contributed by atoms with E-state index in [-0.39, 0.29) is 19.4 Å². The van der Waals surface area contributed by atoms with Crippen LogP contribution in [-0.2, 0) is 6.42 Å². The molecule has 1 N–H and O–H groups in total. The zero-order chi connectivity index (χ0) is 21.1. The molecule has 2 aliphatic heterocycles. The Morgan fingerprint density at radius 1 is 1.20 bits per heavy atom. The second kappa shape index (κ2) is 8.56. The van der Waals surface area contributed by atoms with E-state index < -0.39 is 0 Å². The number of hydrogen-bond acceptors (Lipinski definition) is 6. The van der Waals surface area contributed by atoms with E-state index in [1.807, 2.05) is 6.07 Å². The lowest BCUT2D eigenvalue weighted by molar-refractivity contribution is -0.905. The summed E-state index contributed by atoms with van der Waals surface area (Å²) < 4.78 is 28.0. The van der Waals surface area contributed by atoms with Gasteiger partial charge in [-0.2, -0.15) is 0 Å². The van der Waals surface area contributed by atoms with Gasteiger partial charge < -0.3 is 28.6 Å². The Labute approximate surface area is 175 Å². The fourth-order valence-electron chi connectivity index (χ4n) is 3.86. The number of quaternary nitrogens is 1. The molecule has 2 heterocycles. The largest absolute Gasteiger partial charge is 0.493 e. The first-order valence-electron chi connectivity index (χ1n) is 9.72. The number of aldehydes is 1. The number of nitrogens with one attached hydrogen (secondary N) is 1. The van der Waals surface area contributed by atoms with Crippen LogP contribution in [0.5, 0.6) is 28.7 Å². The summed E-state index contributed by atoms with van der Waals surface area (Å²) >= 11 is 0. The molecular weight excluding hydrogens is 386 g/mol. The van der Waals surface area contributed by atoms with Crippen molar-refractivity contribution >= 4 is 6.29 Å². The summed E-state index contributed by atoms with van der Waals surface area (Å²) in [5.41, 5.74) is 2.75. The summed E-state index contributed by atoms with van der Waals surface area (Å²) in [7, 11) is 5.30. The summed E-state index contributed by atoms with van der Waals surface area (Å²) in [5, 5.41) is 0. The van der Waals surface area contributed by atoms with E-state index in [4.69, 9.17) is 23.7 Å². The third kappa shape index (κ3) is 3.62. The Morgan fingerprint density at radius 3 is 2.83 bits per heavy atom. The van der Waals surface area contributed by atoms with Crippen LogP contribution in [-0.4, -0.2) is 47.5 Å². The number of carbonyl (C=O) groups excluding carboxylic acids is 1. The normalized spacial score (nSPS) is 18.6. The molecule has 2 aliphatic rings. The molecule has 7 heteroatoms. The molecule has 0 aromatic heterocycles. The number of likely N-dealkylation sites (N-methyl/N-ethyl adjacent to an activating group) is 1. The smallest absolute Gasteiger partial charge is 0.231 e. The van der Waals surface area contributed by atoms with Gasteiger partial charge in [-0.25, -0.2) is 0 Å². The molecule has 7 nitrogen and oxygen atoms in total. The first-order valence-corrected chi connectivity index (χ1v) is 9.72. The molecule has 0 saturated carbocycles. The number of carbonyl (C=O) groups is 1. The van der Waals surface area contributed by atoms with Crippen molar-refractivity contribution in [3.63, 3.8) is 0 Å². The van der Waals surface area contributed by atoms with Gasteiger partial charge in [0.15, 0.2) is 29.0 Å². The van der Waals surface area contributed by atoms with Crippen LogP contribution < -0.4 is 28.6 Å². The number of methoxy groups -OCH3 is 2. The first kappa shape index (κ1) is 19.9. The maximum Gasteiger partial charge on any atom is 0.231 e. The van der Waals surface area contributed by atoms with Crippen molar-refractivity contribution in [1.29, 1.82) is 0 Å². The van der Waals surface area contributed by atoms with Crippen LogP contribution in [0.3, 0.4) is 0 Å². The highest BCUT2D eigenvalue weighted by atomic mass is 16.7. The van der Waals surface area contributed by atoms with Crippen molar-refractivity contribution in [2.24, 2.45) is 0 Å². The third-order valence-electron chi connectivity index (χ3n) is 5.39. The van der Waals surface area contributed by atoms with E-state index in [2.05, 4.69) is 18.9 Å². The molecule has 30 heavy (non-hydrogen) atoms. The molecule has 4 rings (SSSR count). The van der Waals surface area contributed by atoms with E-state index in [0.29, 0.717) is 28.6 Å². The average molecular weight is 410 g/mol. The second-order valence-electron chi connectivity index (χ2n) is 7.13. The lowest BCUT2D eigenvalue weighted by atomic mass is 9.91. The fraction of sp³-hybridized carbons (Fsp3) is 0.348. The minimum Gasteiger partial charge on any atom is -0.493 e. The molecule has 2 aromatic carbocycles. The van der Waals surface area contributed by atoms with Crippen LogP contribution in [0, 0.1) is 11.8 Å². The number of rotatable bonds is 5. The first-order chi connectivity index (χ1) is 14.7. The quantitative estimate of drug-likeness (QED) is 0.594. The SMILES string of the molecule is COc1cc(C=O)ccc1OCC#C[C@H]1c2c(cc3c(c2OC)OCO3)CC[NH+]1C. The lowest BCUT2D eigenvalue weighted by Gasteiger charge is -2.30. The van der Waals surface area contributed by atoms with E-state index in [1.165, 1.54) is 17.6 Å². The Hall–Kier alpha value is -3.37. The number of benzene rings is 2. The Kier molecular flexibility index (Phi) is 5.68. The topological polar surface area (TPSA) is 67.7 Å². The van der Waals surface area contributed by atoms with Gasteiger partial charge in [-0.05, 0) is 35.7 Å². The van der Waals surface area contributed by atoms with E-state index >= 15 is 0 Å². The maximum absolute atomic E-state index is 10.9. The van der Waals surface area contributed by atoms with Crippen molar-refractivity contribution in [3.8, 4) is 40.6 Å². The van der Waals surface area contributed by atoms with Crippen molar-refractivity contribution in [2.75, 3.05) is 41.2 Å². The monoisotopic (exact) mass is 410 g/mol. The molecule has 0 amide bonds. The van der Waals surface area contributed by atoms with Gasteiger partial charge in [0.25, 0.3) is 0 Å². The van der Waals surface area contributed by atoms with Crippen molar-refractivity contribution < 1.29 is 33.4 Å². The predicted molar refractivity (Wildman–Crippen MR) is 109 cm³/mol. The highest BCUT2D eigenvalue weighted by Crippen LogP contribution is 2.47. The van der Waals surface area contributed by atoms with Crippen molar-refractivity contribution in [2.45, 2.75) is 12.5 Å². The molecule has 0 spiro atoms. The fourth-order valence-corrected chi connectivity index (χ4v) is 3.86. The number of ether oxygens (including phenoxy) is 5. The average Bonchev–Trinajstić information content (AvgIpc) is 3.24. The van der Waals surface area contributed by atoms with Gasteiger partial charge in [-0.1, -0.05) is 5.92 Å². The van der Waals surface area contributed by atoms with Crippen LogP contribution in [0.25, 0.3) is 0 Å². The molecule has 0 bridgehead atoms. The molecule has 0 radical (unpaired) electrons. The van der Waals surface area contributed by atoms with Crippen LogP contribution in [0.1, 0.15) is 27.5 Å². The molecular formula is C23H24NO6+. The molecule has 2 aromatic rings. The lowest BCUT2D eigenvalue weighted by Crippen LogP contribution is -3.10. The predicted octanol–water partition coefficient (Wildman–Crippen LogP) is 1.44. The summed E-state index contributed by atoms with van der Waals surface area (Å²) in [6.45, 7) is 1.35. The highest BCUT2D eigenvalue weighted by Gasteiger charge is 2.35. The minimum absolute atomic E-state index is 0.0684. The van der Waals surface area contributed by atoms with E-state index in [9.17, 15) is 4.79 Å². The Bertz CT molecular complexity index is 1020. The Balaban J connectivity index is 1.57. The van der Waals surface area contributed by atoms with Crippen LogP contribution in [0.4, 0.5) is 0 Å². The standard InChI is InChI=1S/C23H23NO6/c1-24-9-8-16-12-20-22(30-14-29-20)23(27-3)21(16)17(24)5-4-10-28-18-7-6-15(13-25)11-19(18)26-2/h6-7,11-13,17H,8-10,14H2,1-3H3/p+1/t17-/m0/s1. The Morgan fingerprint density at radius 2 is 2.07 bits per heavy atom. The van der Waals surface area contributed by atoms with E-state index in [1.54, 1.807) is 25.3 Å². The van der Waals surface area contributed by atoms with Gasteiger partial charge in [-0.3, -0.25) is 4.79 Å². The van der Waals surface area contributed by atoms with Gasteiger partial charge in [0, 0.05) is 12.0 Å². The van der Waals surface area contributed by atoms with Crippen LogP contribution in [0.2, 0.25) is 0 Å². The molecule has 156 valence electrons. The van der Waals surface area contributed by atoms with Gasteiger partial charge >= 0.3 is 0 Å². The summed E-state index contributed by atoms with van der Waals surface area (Å²) in [6.07, 6.45) is 1.69. The molecule has 2 atom stereocenters. The van der Waals surface area contributed by atoms with Gasteiger partial charge in [0.05, 0.1) is 33.4 Å². The molecule has 0 saturated heterocycles.